The van der Waals surface area contributed by atoms with Gasteiger partial charge in [-0.1, -0.05) is 24.3 Å². The molecule has 0 radical (unpaired) electrons. The summed E-state index contributed by atoms with van der Waals surface area (Å²) in [5.74, 6) is 0.932. The highest BCUT2D eigenvalue weighted by atomic mass is 32.1. The summed E-state index contributed by atoms with van der Waals surface area (Å²) >= 11 is 1.39. The molecule has 9 nitrogen and oxygen atoms in total. The predicted octanol–water partition coefficient (Wildman–Crippen LogP) is 3.50. The summed E-state index contributed by atoms with van der Waals surface area (Å²) in [7, 11) is 3.00. The van der Waals surface area contributed by atoms with Crippen molar-refractivity contribution in [3.8, 4) is 23.3 Å². The molecule has 2 aromatic heterocycles. The van der Waals surface area contributed by atoms with Gasteiger partial charge in [0.1, 0.15) is 10.8 Å². The summed E-state index contributed by atoms with van der Waals surface area (Å²) < 4.78 is 17.4. The van der Waals surface area contributed by atoms with Crippen molar-refractivity contribution < 1.29 is 24.2 Å². The second-order valence-corrected chi connectivity index (χ2v) is 6.89. The van der Waals surface area contributed by atoms with Crippen LogP contribution in [0.15, 0.2) is 36.4 Å². The third-order valence-corrected chi connectivity index (χ3v) is 5.10. The SMILES string of the molecule is COc1n[nH]c(Oc2cc3sc(/C=C/C(=O)NO)nc3c3ccccc23)c1OC. The zero-order valence-electron chi connectivity index (χ0n) is 15.4. The third kappa shape index (κ3) is 3.46. The molecule has 0 spiro atoms. The average molecular weight is 412 g/mol. The van der Waals surface area contributed by atoms with E-state index < -0.39 is 5.91 Å². The van der Waals surface area contributed by atoms with Gasteiger partial charge in [-0.15, -0.1) is 16.4 Å². The molecule has 0 saturated carbocycles. The quantitative estimate of drug-likeness (QED) is 0.252. The molecule has 0 aliphatic rings. The number of hydrogen-bond acceptors (Lipinski definition) is 8. The number of methoxy groups -OCH3 is 2. The van der Waals surface area contributed by atoms with E-state index in [0.29, 0.717) is 28.3 Å². The van der Waals surface area contributed by atoms with Crippen molar-refractivity contribution in [2.75, 3.05) is 14.2 Å². The Hall–Kier alpha value is -3.63. The van der Waals surface area contributed by atoms with Crippen molar-refractivity contribution in [3.05, 3.63) is 41.4 Å². The van der Waals surface area contributed by atoms with E-state index in [1.54, 1.807) is 5.48 Å². The number of hydroxylamine groups is 1. The fraction of sp³-hybridized carbons (Fsp3) is 0.105. The molecule has 4 aromatic rings. The van der Waals surface area contributed by atoms with Crippen LogP contribution in [0, 0.1) is 0 Å². The number of hydrogen-bond donors (Lipinski definition) is 3. The molecule has 2 heterocycles. The van der Waals surface area contributed by atoms with Gasteiger partial charge in [0, 0.05) is 22.9 Å². The first-order valence-corrected chi connectivity index (χ1v) is 9.25. The molecule has 10 heteroatoms. The lowest BCUT2D eigenvalue weighted by Gasteiger charge is -2.09. The fourth-order valence-corrected chi connectivity index (χ4v) is 3.80. The van der Waals surface area contributed by atoms with Crippen molar-refractivity contribution in [1.82, 2.24) is 20.7 Å². The molecule has 0 aliphatic heterocycles. The van der Waals surface area contributed by atoms with Crippen LogP contribution in [0.1, 0.15) is 5.01 Å². The Morgan fingerprint density at radius 3 is 2.76 bits per heavy atom. The number of benzene rings is 2. The Labute approximate surface area is 168 Å². The number of carbonyl (C=O) groups excluding carboxylic acids is 1. The third-order valence-electron chi connectivity index (χ3n) is 4.14. The van der Waals surface area contributed by atoms with Gasteiger partial charge < -0.3 is 14.2 Å². The number of amides is 1. The molecule has 0 atom stereocenters. The predicted molar refractivity (Wildman–Crippen MR) is 108 cm³/mol. The van der Waals surface area contributed by atoms with E-state index in [4.69, 9.17) is 19.4 Å². The highest BCUT2D eigenvalue weighted by Gasteiger charge is 2.19. The second-order valence-electron chi connectivity index (χ2n) is 5.83. The maximum Gasteiger partial charge on any atom is 0.279 e. The van der Waals surface area contributed by atoms with E-state index in [1.165, 1.54) is 37.7 Å². The van der Waals surface area contributed by atoms with Gasteiger partial charge in [-0.2, -0.15) is 0 Å². The maximum atomic E-state index is 11.2. The van der Waals surface area contributed by atoms with Crippen LogP contribution in [0.4, 0.5) is 0 Å². The normalized spacial score (nSPS) is 11.3. The Morgan fingerprint density at radius 2 is 2.03 bits per heavy atom. The topological polar surface area (TPSA) is 119 Å². The average Bonchev–Trinajstić information content (AvgIpc) is 3.35. The highest BCUT2D eigenvalue weighted by Crippen LogP contribution is 2.41. The second kappa shape index (κ2) is 7.78. The molecule has 0 aliphatic carbocycles. The van der Waals surface area contributed by atoms with Crippen LogP contribution >= 0.6 is 11.3 Å². The Bertz CT molecular complexity index is 1230. The minimum absolute atomic E-state index is 0.292. The first kappa shape index (κ1) is 18.7. The smallest absolute Gasteiger partial charge is 0.279 e. The first-order valence-electron chi connectivity index (χ1n) is 8.43. The van der Waals surface area contributed by atoms with E-state index in [2.05, 4.69) is 15.2 Å². The van der Waals surface area contributed by atoms with Crippen LogP contribution in [0.3, 0.4) is 0 Å². The fourth-order valence-electron chi connectivity index (χ4n) is 2.88. The molecule has 0 saturated heterocycles. The van der Waals surface area contributed by atoms with Gasteiger partial charge in [-0.3, -0.25) is 10.0 Å². The molecule has 148 valence electrons. The first-order chi connectivity index (χ1) is 14.1. The molecule has 3 N–H and O–H groups in total. The van der Waals surface area contributed by atoms with Gasteiger partial charge in [0.05, 0.1) is 24.4 Å². The number of rotatable bonds is 6. The maximum absolute atomic E-state index is 11.2. The van der Waals surface area contributed by atoms with Crippen LogP contribution < -0.4 is 19.7 Å². The van der Waals surface area contributed by atoms with E-state index in [-0.39, 0.29) is 0 Å². The number of fused-ring (bicyclic) bond motifs is 3. The Morgan fingerprint density at radius 1 is 1.24 bits per heavy atom. The van der Waals surface area contributed by atoms with Crippen LogP contribution in [0.25, 0.3) is 27.1 Å². The van der Waals surface area contributed by atoms with E-state index >= 15 is 0 Å². The minimum Gasteiger partial charge on any atom is -0.487 e. The van der Waals surface area contributed by atoms with Crippen molar-refractivity contribution in [3.63, 3.8) is 0 Å². The molecule has 0 fully saturated rings. The van der Waals surface area contributed by atoms with E-state index in [1.807, 2.05) is 30.3 Å². The highest BCUT2D eigenvalue weighted by molar-refractivity contribution is 7.19. The van der Waals surface area contributed by atoms with Gasteiger partial charge in [-0.05, 0) is 6.08 Å². The zero-order valence-corrected chi connectivity index (χ0v) is 16.2. The number of aromatic nitrogens is 3. The summed E-state index contributed by atoms with van der Waals surface area (Å²) in [6.07, 6.45) is 2.74. The molecule has 1 amide bonds. The van der Waals surface area contributed by atoms with Crippen LogP contribution in [-0.2, 0) is 4.79 Å². The molecule has 2 aromatic carbocycles. The minimum atomic E-state index is -0.626. The number of thiazole rings is 1. The van der Waals surface area contributed by atoms with Crippen LogP contribution in [-0.4, -0.2) is 40.5 Å². The van der Waals surface area contributed by atoms with Gasteiger partial charge in [0.2, 0.25) is 5.75 Å². The van der Waals surface area contributed by atoms with Gasteiger partial charge in [0.15, 0.2) is 0 Å². The molecule has 0 bridgehead atoms. The number of nitrogens with zero attached hydrogens (tertiary/aromatic N) is 2. The number of nitrogens with one attached hydrogen (secondary N) is 2. The number of aromatic amines is 1. The summed E-state index contributed by atoms with van der Waals surface area (Å²) in [6.45, 7) is 0. The summed E-state index contributed by atoms with van der Waals surface area (Å²) in [6, 6.07) is 9.57. The summed E-state index contributed by atoms with van der Waals surface area (Å²) in [4.78, 5) is 15.8. The number of carbonyl (C=O) groups is 1. The van der Waals surface area contributed by atoms with Crippen molar-refractivity contribution in [2.24, 2.45) is 0 Å². The van der Waals surface area contributed by atoms with Gasteiger partial charge in [-0.25, -0.2) is 15.6 Å². The number of H-pyrrole nitrogens is 1. The lowest BCUT2D eigenvalue weighted by molar-refractivity contribution is -0.124. The lowest BCUT2D eigenvalue weighted by Crippen LogP contribution is -2.14. The van der Waals surface area contributed by atoms with Crippen LogP contribution in [0.2, 0.25) is 0 Å². The summed E-state index contributed by atoms with van der Waals surface area (Å²) in [5.41, 5.74) is 2.34. The standard InChI is InChI=1S/C19H16N4O5S/c1-26-17-18(27-2)21-22-19(17)28-12-9-13-16(11-6-4-3-5-10(11)12)20-15(29-13)8-7-14(24)23-25/h3-9,25H,1-2H3,(H,21,22)(H,23,24)/b8-7+. The zero-order chi connectivity index (χ0) is 20.4. The lowest BCUT2D eigenvalue weighted by atomic mass is 10.1. The Balaban J connectivity index is 1.82. The largest absolute Gasteiger partial charge is 0.487 e. The molecular formula is C19H16N4O5S. The summed E-state index contributed by atoms with van der Waals surface area (Å²) in [5, 5.41) is 17.8. The number of ether oxygens (including phenoxy) is 3. The monoisotopic (exact) mass is 412 g/mol. The molecular weight excluding hydrogens is 396 g/mol. The van der Waals surface area contributed by atoms with Gasteiger partial charge in [0.25, 0.3) is 17.7 Å². The van der Waals surface area contributed by atoms with Crippen molar-refractivity contribution >= 4 is 44.3 Å². The van der Waals surface area contributed by atoms with Crippen LogP contribution in [0.5, 0.6) is 23.3 Å². The van der Waals surface area contributed by atoms with E-state index in [0.717, 1.165) is 21.0 Å². The van der Waals surface area contributed by atoms with Gasteiger partial charge >= 0.3 is 0 Å². The molecule has 0 unspecified atom stereocenters. The molecule has 4 rings (SSSR count). The molecule has 29 heavy (non-hydrogen) atoms. The Kier molecular flexibility index (Phi) is 5.02. The van der Waals surface area contributed by atoms with Crippen molar-refractivity contribution in [2.45, 2.75) is 0 Å². The van der Waals surface area contributed by atoms with Crippen molar-refractivity contribution in [1.29, 1.82) is 0 Å². The van der Waals surface area contributed by atoms with E-state index in [9.17, 15) is 4.79 Å².